The maximum Gasteiger partial charge on any atom is 0.169 e. The number of rotatable bonds is 2. The van der Waals surface area contributed by atoms with Gasteiger partial charge in [-0.25, -0.2) is 0 Å². The molecule has 0 heterocycles. The van der Waals surface area contributed by atoms with E-state index in [0.29, 0.717) is 6.29 Å². The fraction of sp³-hybridized carbons (Fsp3) is 0.750. The van der Waals surface area contributed by atoms with Gasteiger partial charge in [-0.05, 0) is 6.42 Å². The predicted molar refractivity (Wildman–Crippen MR) is 25.5 cm³/mol. The zero-order chi connectivity index (χ0) is 5.91. The monoisotopic (exact) mass is 103 g/mol. The highest BCUT2D eigenvalue weighted by atomic mass is 16.3. The molecule has 3 N–H and O–H groups in total. The molecule has 0 aliphatic rings. The average molecular weight is 103 g/mol. The van der Waals surface area contributed by atoms with Crippen molar-refractivity contribution in [3.8, 4) is 0 Å². The maximum atomic E-state index is 9.68. The maximum absolute atomic E-state index is 9.68. The Labute approximate surface area is 42.1 Å². The van der Waals surface area contributed by atoms with Crippen molar-refractivity contribution in [2.45, 2.75) is 19.1 Å². The zero-order valence-corrected chi connectivity index (χ0v) is 4.22. The van der Waals surface area contributed by atoms with E-state index in [1.165, 1.54) is 0 Å². The van der Waals surface area contributed by atoms with E-state index in [0.717, 1.165) is 0 Å². The molecule has 0 aromatic heterocycles. The molecule has 1 atom stereocenters. The summed E-state index contributed by atoms with van der Waals surface area (Å²) in [6, 6.07) is 0. The van der Waals surface area contributed by atoms with Crippen molar-refractivity contribution in [1.29, 1.82) is 0 Å². The molecule has 3 nitrogen and oxygen atoms in total. The van der Waals surface area contributed by atoms with Crippen LogP contribution in [0, 0.1) is 0 Å². The lowest BCUT2D eigenvalue weighted by molar-refractivity contribution is -0.123. The number of aliphatic hydroxyl groups is 1. The van der Waals surface area contributed by atoms with Gasteiger partial charge in [-0.2, -0.15) is 0 Å². The molecule has 0 aliphatic heterocycles. The number of aldehydes is 1. The molecule has 42 valence electrons. The van der Waals surface area contributed by atoms with E-state index in [1.54, 1.807) is 6.92 Å². The van der Waals surface area contributed by atoms with Gasteiger partial charge in [0.2, 0.25) is 0 Å². The molecule has 0 radical (unpaired) electrons. The summed E-state index contributed by atoms with van der Waals surface area (Å²) in [5.74, 6) is 0. The fourth-order valence-corrected chi connectivity index (χ4v) is 0.0833. The standard InChI is InChI=1S/C4H9NO2/c1-2-4(5,7)3-6/h3,7H,2,5H2,1H3. The minimum Gasteiger partial charge on any atom is -0.369 e. The topological polar surface area (TPSA) is 63.3 Å². The summed E-state index contributed by atoms with van der Waals surface area (Å²) >= 11 is 0. The van der Waals surface area contributed by atoms with E-state index in [9.17, 15) is 4.79 Å². The molecule has 0 spiro atoms. The lowest BCUT2D eigenvalue weighted by Crippen LogP contribution is -2.40. The van der Waals surface area contributed by atoms with Crippen LogP contribution in [0.25, 0.3) is 0 Å². The lowest BCUT2D eigenvalue weighted by Gasteiger charge is -2.09. The number of hydrogen-bond acceptors (Lipinski definition) is 3. The van der Waals surface area contributed by atoms with Gasteiger partial charge in [-0.3, -0.25) is 10.5 Å². The summed E-state index contributed by atoms with van der Waals surface area (Å²) in [6.07, 6.45) is 0.587. The Balaban J connectivity index is 3.58. The second-order valence-electron chi connectivity index (χ2n) is 1.46. The summed E-state index contributed by atoms with van der Waals surface area (Å²) in [7, 11) is 0. The minimum atomic E-state index is -1.60. The molecule has 7 heavy (non-hydrogen) atoms. The third-order valence-corrected chi connectivity index (χ3v) is 0.770. The van der Waals surface area contributed by atoms with Crippen molar-refractivity contribution in [3.63, 3.8) is 0 Å². The second-order valence-corrected chi connectivity index (χ2v) is 1.46. The largest absolute Gasteiger partial charge is 0.369 e. The van der Waals surface area contributed by atoms with Gasteiger partial charge in [0.1, 0.15) is 0 Å². The normalized spacial score (nSPS) is 18.1. The van der Waals surface area contributed by atoms with E-state index in [-0.39, 0.29) is 6.42 Å². The van der Waals surface area contributed by atoms with Crippen molar-refractivity contribution in [2.24, 2.45) is 5.73 Å². The Kier molecular flexibility index (Phi) is 1.92. The van der Waals surface area contributed by atoms with Gasteiger partial charge < -0.3 is 5.11 Å². The van der Waals surface area contributed by atoms with Crippen LogP contribution in [0.2, 0.25) is 0 Å². The van der Waals surface area contributed by atoms with Crippen LogP contribution in [0.4, 0.5) is 0 Å². The van der Waals surface area contributed by atoms with E-state index >= 15 is 0 Å². The Bertz CT molecular complexity index is 70.1. The fourth-order valence-electron chi connectivity index (χ4n) is 0.0833. The Morgan fingerprint density at radius 2 is 2.43 bits per heavy atom. The van der Waals surface area contributed by atoms with Crippen LogP contribution in [0.15, 0.2) is 0 Å². The van der Waals surface area contributed by atoms with Crippen LogP contribution in [0.3, 0.4) is 0 Å². The number of carbonyl (C=O) groups excluding carboxylic acids is 1. The highest BCUT2D eigenvalue weighted by Crippen LogP contribution is 1.92. The molecule has 0 saturated heterocycles. The first kappa shape index (κ1) is 6.59. The van der Waals surface area contributed by atoms with Gasteiger partial charge in [-0.1, -0.05) is 6.92 Å². The average Bonchev–Trinajstić information content (AvgIpc) is 1.68. The smallest absolute Gasteiger partial charge is 0.169 e. The van der Waals surface area contributed by atoms with Crippen molar-refractivity contribution in [1.82, 2.24) is 0 Å². The van der Waals surface area contributed by atoms with E-state index in [1.807, 2.05) is 0 Å². The molecule has 3 heteroatoms. The molecule has 0 aromatic rings. The molecule has 0 amide bonds. The molecular formula is C4H9NO2. The first-order valence-electron chi connectivity index (χ1n) is 2.10. The predicted octanol–water partition coefficient (Wildman–Crippen LogP) is -0.757. The zero-order valence-electron chi connectivity index (χ0n) is 4.22. The van der Waals surface area contributed by atoms with Gasteiger partial charge in [0.05, 0.1) is 0 Å². The van der Waals surface area contributed by atoms with Crippen molar-refractivity contribution in [2.75, 3.05) is 0 Å². The van der Waals surface area contributed by atoms with Crippen molar-refractivity contribution >= 4 is 6.29 Å². The van der Waals surface area contributed by atoms with Gasteiger partial charge in [0, 0.05) is 0 Å². The highest BCUT2D eigenvalue weighted by molar-refractivity contribution is 5.60. The van der Waals surface area contributed by atoms with Crippen LogP contribution in [-0.2, 0) is 4.79 Å². The molecule has 1 unspecified atom stereocenters. The summed E-state index contributed by atoms with van der Waals surface area (Å²) in [5, 5.41) is 8.54. The second kappa shape index (κ2) is 2.04. The number of hydrogen-bond donors (Lipinski definition) is 2. The third-order valence-electron chi connectivity index (χ3n) is 0.770. The molecule has 0 saturated carbocycles. The third kappa shape index (κ3) is 2.31. The molecular weight excluding hydrogens is 94.0 g/mol. The van der Waals surface area contributed by atoms with Crippen molar-refractivity contribution < 1.29 is 9.90 Å². The minimum absolute atomic E-state index is 0.260. The van der Waals surface area contributed by atoms with E-state index in [4.69, 9.17) is 10.8 Å². The molecule has 0 aliphatic carbocycles. The number of nitrogens with two attached hydrogens (primary N) is 1. The van der Waals surface area contributed by atoms with Crippen LogP contribution in [0.5, 0.6) is 0 Å². The van der Waals surface area contributed by atoms with E-state index in [2.05, 4.69) is 0 Å². The first-order valence-corrected chi connectivity index (χ1v) is 2.10. The SMILES string of the molecule is CCC(N)(O)C=O. The van der Waals surface area contributed by atoms with Gasteiger partial charge >= 0.3 is 0 Å². The Morgan fingerprint density at radius 3 is 2.43 bits per heavy atom. The molecule has 0 bridgehead atoms. The molecule has 0 fully saturated rings. The highest BCUT2D eigenvalue weighted by Gasteiger charge is 2.14. The van der Waals surface area contributed by atoms with Crippen LogP contribution in [0.1, 0.15) is 13.3 Å². The lowest BCUT2D eigenvalue weighted by atomic mass is 10.2. The summed E-state index contributed by atoms with van der Waals surface area (Å²) in [5.41, 5.74) is 3.31. The van der Waals surface area contributed by atoms with Gasteiger partial charge in [0.15, 0.2) is 12.0 Å². The van der Waals surface area contributed by atoms with Gasteiger partial charge in [0.25, 0.3) is 0 Å². The molecule has 0 aromatic carbocycles. The van der Waals surface area contributed by atoms with E-state index < -0.39 is 5.72 Å². The summed E-state index contributed by atoms with van der Waals surface area (Å²) in [4.78, 5) is 9.68. The van der Waals surface area contributed by atoms with Crippen LogP contribution in [-0.4, -0.2) is 17.1 Å². The Hall–Kier alpha value is -0.410. The van der Waals surface area contributed by atoms with Gasteiger partial charge in [-0.15, -0.1) is 0 Å². The summed E-state index contributed by atoms with van der Waals surface area (Å²) in [6.45, 7) is 1.63. The quantitative estimate of drug-likeness (QED) is 0.357. The van der Waals surface area contributed by atoms with Crippen molar-refractivity contribution in [3.05, 3.63) is 0 Å². The molecule has 0 rings (SSSR count). The van der Waals surface area contributed by atoms with Crippen LogP contribution >= 0.6 is 0 Å². The summed E-state index contributed by atoms with van der Waals surface area (Å²) < 4.78 is 0. The first-order chi connectivity index (χ1) is 3.12. The Morgan fingerprint density at radius 1 is 2.00 bits per heavy atom. The van der Waals surface area contributed by atoms with Crippen LogP contribution < -0.4 is 5.73 Å². The number of carbonyl (C=O) groups is 1.